The molecule has 2 heteroatoms. The van der Waals surface area contributed by atoms with Gasteiger partial charge >= 0.3 is 0 Å². The van der Waals surface area contributed by atoms with Crippen molar-refractivity contribution in [2.45, 2.75) is 0 Å². The summed E-state index contributed by atoms with van der Waals surface area (Å²) in [6, 6.07) is 65.9. The summed E-state index contributed by atoms with van der Waals surface area (Å²) in [6.07, 6.45) is 0. The van der Waals surface area contributed by atoms with Crippen LogP contribution in [0.1, 0.15) is 41.1 Å². The average molecular weight is 1530 g/mol. The van der Waals surface area contributed by atoms with Gasteiger partial charge in [-0.1, -0.05) is 394 Å². The zero-order chi connectivity index (χ0) is 104. The Bertz CT molecular complexity index is 9860. The molecule has 2 nitrogen and oxygen atoms in total. The number of hydrogen-bond donors (Lipinski definition) is 0. The predicted octanol–water partition coefficient (Wildman–Crippen LogP) is 33.1. The van der Waals surface area contributed by atoms with E-state index in [9.17, 15) is 0 Å². The first kappa shape index (κ1) is 44.3. The van der Waals surface area contributed by atoms with Gasteiger partial charge in [-0.05, 0) is 223 Å². The first-order chi connectivity index (χ1) is 71.0. The zero-order valence-electron chi connectivity index (χ0n) is 92.1. The summed E-state index contributed by atoms with van der Waals surface area (Å²) in [6.45, 7) is 0. The van der Waals surface area contributed by atoms with Crippen LogP contribution in [-0.4, -0.2) is 0 Å². The predicted molar refractivity (Wildman–Crippen MR) is 502 cm³/mol. The fourth-order valence-corrected chi connectivity index (χ4v) is 17.8. The lowest BCUT2D eigenvalue weighted by Gasteiger charge is -2.20. The fourth-order valence-electron chi connectivity index (χ4n) is 17.8. The number of furan rings is 2. The SMILES string of the molecule is [2H]c1c([2H])c([2H])c(-c2ccc3c(oc4c(-c5cc6cc(-c7c8ccccc8c(-c8c([2H])c([2H])c([2H])c([2H])c8[2H])c8ccccc78)ccc6c6ccccc56)cccc43)c2-c2c([2H])c([2H])c([2H])c([2H])c2[2H])c([2H])c1[2H].[2H]c1c([2H])c([2H])c(-c2ccc3c(oc4cccc(-c5ccc6c(-c7c8ccccc8c(-c8c([2H])c([2H])c([2H])c([2H])c8[2H])c8ccccc78)cc7ccccc7c6c5)c43)c2-c2c([2H])c([2H])c([2H])c([2H])c2[2H])c([2H])c1[2H]. The van der Waals surface area contributed by atoms with Gasteiger partial charge < -0.3 is 8.83 Å². The highest BCUT2D eigenvalue weighted by molar-refractivity contribution is 6.28. The van der Waals surface area contributed by atoms with Gasteiger partial charge in [-0.2, -0.15) is 0 Å². The number of para-hydroxylation sites is 1. The third-order valence-corrected chi connectivity index (χ3v) is 22.6. The number of benzene rings is 22. The second-order valence-corrected chi connectivity index (χ2v) is 28.8. The van der Waals surface area contributed by atoms with Crippen LogP contribution >= 0.6 is 0 Å². The highest BCUT2D eigenvalue weighted by atomic mass is 16.3. The Morgan fingerprint density at radius 2 is 0.517 bits per heavy atom. The van der Waals surface area contributed by atoms with Crippen molar-refractivity contribution in [2.24, 2.45) is 0 Å². The van der Waals surface area contributed by atoms with E-state index in [1.165, 1.54) is 0 Å². The van der Waals surface area contributed by atoms with E-state index in [1.807, 2.05) is 176 Å². The van der Waals surface area contributed by atoms with E-state index in [2.05, 4.69) is 48.5 Å². The molecule has 0 spiro atoms. The molecule has 0 fully saturated rings. The van der Waals surface area contributed by atoms with E-state index in [1.54, 1.807) is 30.3 Å². The second-order valence-electron chi connectivity index (χ2n) is 28.8. The summed E-state index contributed by atoms with van der Waals surface area (Å²) in [7, 11) is 0. The van der Waals surface area contributed by atoms with Crippen LogP contribution in [0, 0.1) is 0 Å². The number of rotatable bonds is 10. The summed E-state index contributed by atoms with van der Waals surface area (Å²) in [5.74, 6) is 0. The van der Waals surface area contributed by atoms with Crippen molar-refractivity contribution in [3.63, 3.8) is 0 Å². The molecule has 0 aliphatic heterocycles. The van der Waals surface area contributed by atoms with Gasteiger partial charge in [0.1, 0.15) is 22.3 Å². The Kier molecular flexibility index (Phi) is 10.6. The van der Waals surface area contributed by atoms with Crippen molar-refractivity contribution >= 4 is 130 Å². The molecule has 0 saturated carbocycles. The molecule has 2 aromatic heterocycles. The number of fused-ring (bicyclic) bond motifs is 16. The van der Waals surface area contributed by atoms with Crippen molar-refractivity contribution in [1.82, 2.24) is 0 Å². The summed E-state index contributed by atoms with van der Waals surface area (Å²) in [4.78, 5) is 0. The standard InChI is InChI=1S/2C58H36O/c1-4-17-37(18-5-1)43-33-34-52-50-29-16-30-51(57(50)59-58(52)56(43)39-21-8-3-9-22-39)53-36-41-35-40(31-32-42(41)44-23-10-11-24-45(44)53)55-48-27-14-12-25-46(48)54(38-19-6-2-7-20-38)47-26-13-15-28-49(47)55;1-4-17-37(18-5-1)44-33-34-50-57-43(29-16-30-53(57)59-58(50)55(44)39-21-8-3-9-22-39)41-31-32-45-51(35-41)42-24-11-10-23-40(42)36-52(45)56-48-27-14-12-25-46(48)54(38-19-6-2-7-20-38)47-26-13-15-28-49(47)56/h2*1-36H/i2*1D,2D,3D,4D,5D,6D,7D,8D,9D,17D,18D,19D,20D,21D,22D. The van der Waals surface area contributed by atoms with Crippen molar-refractivity contribution in [3.05, 3.63) is 436 Å². The molecule has 24 aromatic rings. The first-order valence-electron chi connectivity index (χ1n) is 53.2. The van der Waals surface area contributed by atoms with Gasteiger partial charge in [0.15, 0.2) is 0 Å². The van der Waals surface area contributed by atoms with Crippen molar-refractivity contribution in [2.75, 3.05) is 0 Å². The Labute approximate surface area is 724 Å². The Morgan fingerprint density at radius 3 is 1.04 bits per heavy atom. The molecule has 0 amide bonds. The average Bonchev–Trinajstić information content (AvgIpc) is 1.68. The minimum absolute atomic E-state index is 0.0219. The van der Waals surface area contributed by atoms with Crippen LogP contribution in [0.2, 0.25) is 0 Å². The van der Waals surface area contributed by atoms with E-state index >= 15 is 0 Å². The Hall–Kier alpha value is -15.5. The van der Waals surface area contributed by atoms with E-state index in [0.717, 1.165) is 104 Å². The third-order valence-electron chi connectivity index (χ3n) is 22.6. The van der Waals surface area contributed by atoms with Gasteiger partial charge in [0.25, 0.3) is 0 Å². The summed E-state index contributed by atoms with van der Waals surface area (Å²) < 4.78 is 275. The minimum atomic E-state index is -0.620. The molecule has 0 aliphatic rings. The highest BCUT2D eigenvalue weighted by Gasteiger charge is 2.26. The van der Waals surface area contributed by atoms with Crippen LogP contribution in [0.4, 0.5) is 0 Å². The lowest BCUT2D eigenvalue weighted by molar-refractivity contribution is 0.670. The smallest absolute Gasteiger partial charge is 0.143 e. The van der Waals surface area contributed by atoms with Crippen molar-refractivity contribution < 1.29 is 50.0 Å². The van der Waals surface area contributed by atoms with Crippen LogP contribution in [0.5, 0.6) is 0 Å². The molecule has 0 N–H and O–H groups in total. The monoisotopic (exact) mass is 1530 g/mol. The zero-order valence-corrected chi connectivity index (χ0v) is 62.1. The molecule has 0 unspecified atom stereocenters. The second kappa shape index (κ2) is 28.3. The van der Waals surface area contributed by atoms with Crippen LogP contribution in [-0.2, 0) is 0 Å². The summed E-state index contributed by atoms with van der Waals surface area (Å²) in [5, 5.41) is 15.8. The van der Waals surface area contributed by atoms with Crippen LogP contribution < -0.4 is 0 Å². The highest BCUT2D eigenvalue weighted by Crippen LogP contribution is 2.53. The molecule has 118 heavy (non-hydrogen) atoms. The maximum absolute atomic E-state index is 9.12. The maximum Gasteiger partial charge on any atom is 0.143 e. The molecule has 0 bridgehead atoms. The van der Waals surface area contributed by atoms with Gasteiger partial charge in [0.05, 0.1) is 41.1 Å². The summed E-state index contributed by atoms with van der Waals surface area (Å²) >= 11 is 0. The van der Waals surface area contributed by atoms with Crippen molar-refractivity contribution in [3.8, 4) is 111 Å². The number of hydrogen-bond acceptors (Lipinski definition) is 2. The molecule has 0 saturated heterocycles. The lowest BCUT2D eigenvalue weighted by Crippen LogP contribution is -1.92. The van der Waals surface area contributed by atoms with Crippen LogP contribution in [0.25, 0.3) is 241 Å². The Morgan fingerprint density at radius 1 is 0.161 bits per heavy atom. The fraction of sp³-hybridized carbons (Fsp3) is 0. The molecule has 2 heterocycles. The van der Waals surface area contributed by atoms with Gasteiger partial charge in [0, 0.05) is 38.2 Å². The maximum atomic E-state index is 9.12. The van der Waals surface area contributed by atoms with E-state index < -0.39 is 157 Å². The molecule has 548 valence electrons. The first-order valence-corrected chi connectivity index (χ1v) is 38.2. The molecule has 22 aromatic carbocycles. The van der Waals surface area contributed by atoms with Gasteiger partial charge in [-0.15, -0.1) is 0 Å². The topological polar surface area (TPSA) is 26.3 Å². The molecule has 0 atom stereocenters. The van der Waals surface area contributed by atoms with Gasteiger partial charge in [-0.25, -0.2) is 0 Å². The Balaban J connectivity index is 0.000000163. The van der Waals surface area contributed by atoms with Gasteiger partial charge in [-0.3, -0.25) is 0 Å². The van der Waals surface area contributed by atoms with E-state index in [-0.39, 0.29) is 91.0 Å². The molecule has 0 radical (unpaired) electrons. The van der Waals surface area contributed by atoms with Crippen LogP contribution in [0.15, 0.2) is 445 Å². The quantitative estimate of drug-likeness (QED) is 0.101. The molecule has 24 rings (SSSR count). The minimum Gasteiger partial charge on any atom is -0.455 e. The van der Waals surface area contributed by atoms with Gasteiger partial charge in [0.2, 0.25) is 0 Å². The van der Waals surface area contributed by atoms with Crippen molar-refractivity contribution in [1.29, 1.82) is 0 Å². The molecule has 0 aliphatic carbocycles. The van der Waals surface area contributed by atoms with E-state index in [0.29, 0.717) is 70.9 Å². The largest absolute Gasteiger partial charge is 0.455 e. The van der Waals surface area contributed by atoms with Crippen LogP contribution in [0.3, 0.4) is 0 Å². The summed E-state index contributed by atoms with van der Waals surface area (Å²) in [5.41, 5.74) is 7.88. The normalized spacial score (nSPS) is 15.3. The third kappa shape index (κ3) is 11.2. The van der Waals surface area contributed by atoms with E-state index in [4.69, 9.17) is 50.0 Å². The molecular weight excluding hydrogens is 1430 g/mol. The molecular formula is C116H72O2. The lowest BCUT2D eigenvalue weighted by atomic mass is 9.83.